The summed E-state index contributed by atoms with van der Waals surface area (Å²) in [7, 11) is 0. The second-order valence-electron chi connectivity index (χ2n) is 6.46. The minimum atomic E-state index is -0.711. The van der Waals surface area contributed by atoms with E-state index >= 15 is 0 Å². The first-order valence-electron chi connectivity index (χ1n) is 6.79. The third kappa shape index (κ3) is 4.66. The van der Waals surface area contributed by atoms with Gasteiger partial charge in [-0.1, -0.05) is 19.8 Å². The van der Waals surface area contributed by atoms with E-state index in [-0.39, 0.29) is 12.1 Å². The van der Waals surface area contributed by atoms with Crippen molar-refractivity contribution in [1.82, 2.24) is 4.90 Å². The Morgan fingerprint density at radius 2 is 1.88 bits per heavy atom. The van der Waals surface area contributed by atoms with Gasteiger partial charge in [-0.2, -0.15) is 0 Å². The first-order valence-corrected chi connectivity index (χ1v) is 6.79. The Morgan fingerprint density at radius 3 is 2.41 bits per heavy atom. The van der Waals surface area contributed by atoms with Crippen molar-refractivity contribution in [3.8, 4) is 0 Å². The molecule has 0 heterocycles. The van der Waals surface area contributed by atoms with E-state index in [0.29, 0.717) is 6.04 Å². The maximum Gasteiger partial charge on any atom is 0.317 e. The van der Waals surface area contributed by atoms with Crippen LogP contribution in [0.4, 0.5) is 0 Å². The Balaban J connectivity index is 2.71. The Bertz CT molecular complexity index is 257. The van der Waals surface area contributed by atoms with E-state index in [1.54, 1.807) is 0 Å². The van der Waals surface area contributed by atoms with E-state index < -0.39 is 5.97 Å². The number of hydrogen-bond donors (Lipinski definition) is 1. The van der Waals surface area contributed by atoms with E-state index in [2.05, 4.69) is 32.6 Å². The molecule has 0 saturated heterocycles. The highest BCUT2D eigenvalue weighted by Gasteiger charge is 2.31. The molecule has 2 unspecified atom stereocenters. The van der Waals surface area contributed by atoms with Crippen molar-refractivity contribution in [3.05, 3.63) is 0 Å². The fourth-order valence-corrected chi connectivity index (χ4v) is 2.84. The first kappa shape index (κ1) is 14.5. The van der Waals surface area contributed by atoms with Gasteiger partial charge in [0.2, 0.25) is 0 Å². The van der Waals surface area contributed by atoms with Gasteiger partial charge in [0.15, 0.2) is 0 Å². The summed E-state index contributed by atoms with van der Waals surface area (Å²) in [4.78, 5) is 13.2. The fraction of sp³-hybridized carbons (Fsp3) is 0.929. The number of aliphatic carboxylic acids is 1. The predicted molar refractivity (Wildman–Crippen MR) is 70.1 cm³/mol. The van der Waals surface area contributed by atoms with E-state index in [1.165, 1.54) is 19.3 Å². The molecule has 1 aliphatic rings. The molecule has 0 amide bonds. The maximum absolute atomic E-state index is 11.0. The molecular formula is C14H27NO2. The van der Waals surface area contributed by atoms with Crippen LogP contribution >= 0.6 is 0 Å². The van der Waals surface area contributed by atoms with Crippen molar-refractivity contribution in [2.75, 3.05) is 6.54 Å². The van der Waals surface area contributed by atoms with Crippen molar-refractivity contribution < 1.29 is 9.90 Å². The largest absolute Gasteiger partial charge is 0.480 e. The lowest BCUT2D eigenvalue weighted by Gasteiger charge is -2.40. The first-order chi connectivity index (χ1) is 7.80. The summed E-state index contributed by atoms with van der Waals surface area (Å²) < 4.78 is 0. The van der Waals surface area contributed by atoms with E-state index in [0.717, 1.165) is 18.8 Å². The summed E-state index contributed by atoms with van der Waals surface area (Å²) in [6.45, 7) is 8.82. The van der Waals surface area contributed by atoms with Crippen LogP contribution in [0, 0.1) is 5.92 Å². The molecule has 1 fully saturated rings. The molecular weight excluding hydrogens is 214 g/mol. The van der Waals surface area contributed by atoms with E-state index in [4.69, 9.17) is 5.11 Å². The molecule has 2 atom stereocenters. The minimum absolute atomic E-state index is 0.0589. The molecule has 1 saturated carbocycles. The fourth-order valence-electron chi connectivity index (χ4n) is 2.84. The van der Waals surface area contributed by atoms with Gasteiger partial charge in [-0.3, -0.25) is 9.69 Å². The second-order valence-corrected chi connectivity index (χ2v) is 6.46. The normalized spacial score (nSPS) is 26.9. The monoisotopic (exact) mass is 241 g/mol. The lowest BCUT2D eigenvalue weighted by atomic mass is 9.97. The van der Waals surface area contributed by atoms with Crippen LogP contribution in [0.2, 0.25) is 0 Å². The summed E-state index contributed by atoms with van der Waals surface area (Å²) in [5, 5.41) is 9.06. The molecule has 0 aromatic carbocycles. The Kier molecular flexibility index (Phi) is 4.99. The van der Waals surface area contributed by atoms with Gasteiger partial charge >= 0.3 is 5.97 Å². The van der Waals surface area contributed by atoms with Gasteiger partial charge in [0.05, 0.1) is 6.54 Å². The maximum atomic E-state index is 11.0. The van der Waals surface area contributed by atoms with Crippen molar-refractivity contribution in [3.63, 3.8) is 0 Å². The molecule has 17 heavy (non-hydrogen) atoms. The quantitative estimate of drug-likeness (QED) is 0.772. The average molecular weight is 241 g/mol. The second kappa shape index (κ2) is 5.85. The van der Waals surface area contributed by atoms with Crippen molar-refractivity contribution in [1.29, 1.82) is 0 Å². The number of carboxylic acids is 1. The predicted octanol–water partition coefficient (Wildman–Crippen LogP) is 3.14. The lowest BCUT2D eigenvalue weighted by molar-refractivity contribution is -0.140. The number of carbonyl (C=O) groups is 1. The molecule has 1 N–H and O–H groups in total. The molecule has 0 aromatic rings. The number of nitrogens with zero attached hydrogens (tertiary/aromatic N) is 1. The summed E-state index contributed by atoms with van der Waals surface area (Å²) in [5.41, 5.74) is -0.0589. The van der Waals surface area contributed by atoms with E-state index in [9.17, 15) is 4.79 Å². The number of rotatable bonds is 3. The Morgan fingerprint density at radius 1 is 1.24 bits per heavy atom. The van der Waals surface area contributed by atoms with Gasteiger partial charge in [-0.05, 0) is 46.0 Å². The lowest BCUT2D eigenvalue weighted by Crippen LogP contribution is -2.50. The van der Waals surface area contributed by atoms with E-state index in [1.807, 2.05) is 0 Å². The summed E-state index contributed by atoms with van der Waals surface area (Å²) in [6, 6.07) is 0.441. The van der Waals surface area contributed by atoms with Crippen LogP contribution < -0.4 is 0 Å². The molecule has 100 valence electrons. The van der Waals surface area contributed by atoms with Crippen molar-refractivity contribution >= 4 is 5.97 Å². The highest BCUT2D eigenvalue weighted by atomic mass is 16.4. The van der Waals surface area contributed by atoms with Gasteiger partial charge in [-0.25, -0.2) is 0 Å². The molecule has 3 nitrogen and oxygen atoms in total. The summed E-state index contributed by atoms with van der Waals surface area (Å²) in [6.07, 6.45) is 6.05. The molecule has 0 radical (unpaired) electrons. The average Bonchev–Trinajstić information content (AvgIpc) is 2.37. The smallest absolute Gasteiger partial charge is 0.317 e. The van der Waals surface area contributed by atoms with Crippen molar-refractivity contribution in [2.45, 2.75) is 71.4 Å². The third-order valence-electron chi connectivity index (χ3n) is 3.83. The standard InChI is InChI=1S/C14H27NO2/c1-11-6-5-7-12(9-8-11)15(10-13(16)17)14(2,3)4/h11-12H,5-10H2,1-4H3,(H,16,17). The van der Waals surface area contributed by atoms with Crippen LogP contribution in [-0.4, -0.2) is 34.1 Å². The summed E-state index contributed by atoms with van der Waals surface area (Å²) in [5.74, 6) is 0.0869. The highest BCUT2D eigenvalue weighted by Crippen LogP contribution is 2.29. The zero-order valence-electron chi connectivity index (χ0n) is 11.7. The molecule has 0 bridgehead atoms. The van der Waals surface area contributed by atoms with Crippen LogP contribution in [0.25, 0.3) is 0 Å². The summed E-state index contributed by atoms with van der Waals surface area (Å²) >= 11 is 0. The molecule has 0 aromatic heterocycles. The van der Waals surface area contributed by atoms with Crippen LogP contribution in [0.5, 0.6) is 0 Å². The Hall–Kier alpha value is -0.570. The van der Waals surface area contributed by atoms with Gasteiger partial charge in [0.1, 0.15) is 0 Å². The minimum Gasteiger partial charge on any atom is -0.480 e. The van der Waals surface area contributed by atoms with Crippen LogP contribution in [0.3, 0.4) is 0 Å². The zero-order valence-corrected chi connectivity index (χ0v) is 11.7. The molecule has 3 heteroatoms. The Labute approximate surface area is 105 Å². The van der Waals surface area contributed by atoms with Crippen LogP contribution in [-0.2, 0) is 4.79 Å². The van der Waals surface area contributed by atoms with Gasteiger partial charge in [0.25, 0.3) is 0 Å². The molecule has 1 aliphatic carbocycles. The van der Waals surface area contributed by atoms with Crippen LogP contribution in [0.1, 0.15) is 59.8 Å². The highest BCUT2D eigenvalue weighted by molar-refractivity contribution is 5.69. The molecule has 0 aliphatic heterocycles. The van der Waals surface area contributed by atoms with Gasteiger partial charge < -0.3 is 5.11 Å². The number of carboxylic acid groups (broad SMARTS) is 1. The van der Waals surface area contributed by atoms with Gasteiger partial charge in [-0.15, -0.1) is 0 Å². The molecule has 0 spiro atoms. The van der Waals surface area contributed by atoms with Crippen molar-refractivity contribution in [2.24, 2.45) is 5.92 Å². The van der Waals surface area contributed by atoms with Crippen LogP contribution in [0.15, 0.2) is 0 Å². The number of hydrogen-bond acceptors (Lipinski definition) is 2. The van der Waals surface area contributed by atoms with Gasteiger partial charge in [0, 0.05) is 11.6 Å². The topological polar surface area (TPSA) is 40.5 Å². The zero-order chi connectivity index (χ0) is 13.1. The third-order valence-corrected chi connectivity index (χ3v) is 3.83. The SMILES string of the molecule is CC1CCCC(N(CC(=O)O)C(C)(C)C)CC1. The molecule has 1 rings (SSSR count).